The highest BCUT2D eigenvalue weighted by molar-refractivity contribution is 5.94. The minimum Gasteiger partial charge on any atom is -0.478 e. The number of hydrogen-bond donors (Lipinski definition) is 1. The fourth-order valence-electron chi connectivity index (χ4n) is 2.42. The molecule has 0 saturated heterocycles. The van der Waals surface area contributed by atoms with Crippen LogP contribution in [-0.4, -0.2) is 15.6 Å². The van der Waals surface area contributed by atoms with Gasteiger partial charge >= 0.3 is 5.97 Å². The van der Waals surface area contributed by atoms with E-state index >= 15 is 0 Å². The molecule has 0 aliphatic carbocycles. The Kier molecular flexibility index (Phi) is 5.43. The molecule has 0 atom stereocenters. The third kappa shape index (κ3) is 4.02. The predicted octanol–water partition coefficient (Wildman–Crippen LogP) is 4.21. The molecule has 0 saturated carbocycles. The van der Waals surface area contributed by atoms with Gasteiger partial charge in [0.2, 0.25) is 0 Å². The van der Waals surface area contributed by atoms with Crippen molar-refractivity contribution in [2.24, 2.45) is 7.05 Å². The van der Waals surface area contributed by atoms with E-state index in [1.54, 1.807) is 6.08 Å². The normalized spacial score (nSPS) is 10.8. The molecule has 3 nitrogen and oxygen atoms in total. The SMILES string of the molecule is CCCCCC#Cc1ccc2c(c1)c(/C=C/C(=O)O)cn2C. The molecule has 0 unspecified atom stereocenters. The van der Waals surface area contributed by atoms with Gasteiger partial charge in [-0.1, -0.05) is 31.6 Å². The second-order valence-electron chi connectivity index (χ2n) is 5.36. The number of fused-ring (bicyclic) bond motifs is 1. The smallest absolute Gasteiger partial charge is 0.328 e. The number of benzene rings is 1. The number of unbranched alkanes of at least 4 members (excludes halogenated alkanes) is 3. The molecule has 0 aliphatic rings. The molecular formula is C19H21NO2. The molecule has 2 aromatic rings. The van der Waals surface area contributed by atoms with Crippen molar-refractivity contribution in [2.45, 2.75) is 32.6 Å². The van der Waals surface area contributed by atoms with Gasteiger partial charge in [0.1, 0.15) is 0 Å². The monoisotopic (exact) mass is 295 g/mol. The van der Waals surface area contributed by atoms with Gasteiger partial charge in [0.25, 0.3) is 0 Å². The number of nitrogens with zero attached hydrogens (tertiary/aromatic N) is 1. The second kappa shape index (κ2) is 7.51. The summed E-state index contributed by atoms with van der Waals surface area (Å²) in [6.45, 7) is 2.18. The average Bonchev–Trinajstić information content (AvgIpc) is 2.81. The topological polar surface area (TPSA) is 42.2 Å². The summed E-state index contributed by atoms with van der Waals surface area (Å²) in [6.07, 6.45) is 9.22. The van der Waals surface area contributed by atoms with E-state index in [4.69, 9.17) is 5.11 Å². The third-order valence-corrected chi connectivity index (χ3v) is 3.56. The molecule has 0 spiro atoms. The largest absolute Gasteiger partial charge is 0.478 e. The Balaban J connectivity index is 2.28. The summed E-state index contributed by atoms with van der Waals surface area (Å²) < 4.78 is 2.00. The highest BCUT2D eigenvalue weighted by atomic mass is 16.4. The first-order valence-electron chi connectivity index (χ1n) is 7.60. The average molecular weight is 295 g/mol. The van der Waals surface area contributed by atoms with Gasteiger partial charge in [-0.25, -0.2) is 4.79 Å². The van der Waals surface area contributed by atoms with E-state index in [-0.39, 0.29) is 0 Å². The predicted molar refractivity (Wildman–Crippen MR) is 90.6 cm³/mol. The minimum atomic E-state index is -0.941. The molecule has 0 bridgehead atoms. The van der Waals surface area contributed by atoms with Crippen LogP contribution >= 0.6 is 0 Å². The van der Waals surface area contributed by atoms with E-state index in [2.05, 4.69) is 18.8 Å². The molecule has 1 aromatic carbocycles. The van der Waals surface area contributed by atoms with Crippen LogP contribution in [0.25, 0.3) is 17.0 Å². The maximum atomic E-state index is 10.7. The summed E-state index contributed by atoms with van der Waals surface area (Å²) in [4.78, 5) is 10.7. The lowest BCUT2D eigenvalue weighted by molar-refractivity contribution is -0.131. The van der Waals surface area contributed by atoms with Crippen molar-refractivity contribution >= 4 is 22.9 Å². The molecule has 3 heteroatoms. The molecule has 1 aromatic heterocycles. The first kappa shape index (κ1) is 15.9. The number of hydrogen-bond acceptors (Lipinski definition) is 1. The van der Waals surface area contributed by atoms with Crippen LogP contribution in [0.2, 0.25) is 0 Å². The van der Waals surface area contributed by atoms with Crippen molar-refractivity contribution in [1.82, 2.24) is 4.57 Å². The van der Waals surface area contributed by atoms with Gasteiger partial charge in [0, 0.05) is 47.8 Å². The highest BCUT2D eigenvalue weighted by Gasteiger charge is 2.05. The summed E-state index contributed by atoms with van der Waals surface area (Å²) in [6, 6.07) is 6.08. The zero-order valence-electron chi connectivity index (χ0n) is 13.1. The molecule has 0 amide bonds. The van der Waals surface area contributed by atoms with Crippen molar-refractivity contribution < 1.29 is 9.90 Å². The van der Waals surface area contributed by atoms with Gasteiger partial charge in [0.15, 0.2) is 0 Å². The van der Waals surface area contributed by atoms with Crippen molar-refractivity contribution in [3.63, 3.8) is 0 Å². The lowest BCUT2D eigenvalue weighted by Gasteiger charge is -1.97. The van der Waals surface area contributed by atoms with E-state index in [0.29, 0.717) is 0 Å². The van der Waals surface area contributed by atoms with Crippen molar-refractivity contribution in [3.8, 4) is 11.8 Å². The summed E-state index contributed by atoms with van der Waals surface area (Å²) in [5.74, 6) is 5.47. The number of aliphatic carboxylic acids is 1. The first-order chi connectivity index (χ1) is 10.6. The molecule has 0 aliphatic heterocycles. The van der Waals surface area contributed by atoms with Gasteiger partial charge in [0.05, 0.1) is 0 Å². The fraction of sp³-hybridized carbons (Fsp3) is 0.316. The number of carboxylic acids is 1. The Morgan fingerprint density at radius 3 is 2.91 bits per heavy atom. The van der Waals surface area contributed by atoms with Crippen LogP contribution in [-0.2, 0) is 11.8 Å². The number of aryl methyl sites for hydroxylation is 1. The number of rotatable bonds is 5. The molecule has 0 radical (unpaired) electrons. The van der Waals surface area contributed by atoms with Gasteiger partial charge in [-0.05, 0) is 30.7 Å². The number of carboxylic acid groups (broad SMARTS) is 1. The van der Waals surface area contributed by atoms with E-state index in [9.17, 15) is 4.79 Å². The van der Waals surface area contributed by atoms with E-state index in [1.165, 1.54) is 12.8 Å². The van der Waals surface area contributed by atoms with Gasteiger partial charge < -0.3 is 9.67 Å². The Hall–Kier alpha value is -2.47. The van der Waals surface area contributed by atoms with Gasteiger partial charge in [-0.15, -0.1) is 0 Å². The van der Waals surface area contributed by atoms with Crippen LogP contribution in [0.3, 0.4) is 0 Å². The quantitative estimate of drug-likeness (QED) is 0.510. The zero-order chi connectivity index (χ0) is 15.9. The van der Waals surface area contributed by atoms with Crippen molar-refractivity contribution in [1.29, 1.82) is 0 Å². The van der Waals surface area contributed by atoms with E-state index in [0.717, 1.165) is 40.9 Å². The Bertz CT molecular complexity index is 757. The summed E-state index contributed by atoms with van der Waals surface area (Å²) >= 11 is 0. The van der Waals surface area contributed by atoms with Crippen molar-refractivity contribution in [3.05, 3.63) is 41.6 Å². The van der Waals surface area contributed by atoms with Crippen LogP contribution in [0.5, 0.6) is 0 Å². The standard InChI is InChI=1S/C19H21NO2/c1-3-4-5-6-7-8-15-9-11-18-17(13-15)16(14-20(18)2)10-12-19(21)22/h9-14H,3-6H2,1-2H3,(H,21,22)/b12-10+. The van der Waals surface area contributed by atoms with Crippen LogP contribution < -0.4 is 0 Å². The van der Waals surface area contributed by atoms with Crippen LogP contribution in [0, 0.1) is 11.8 Å². The fourth-order valence-corrected chi connectivity index (χ4v) is 2.42. The van der Waals surface area contributed by atoms with Crippen molar-refractivity contribution in [2.75, 3.05) is 0 Å². The Labute approximate surface area is 131 Å². The first-order valence-corrected chi connectivity index (χ1v) is 7.60. The third-order valence-electron chi connectivity index (χ3n) is 3.56. The van der Waals surface area contributed by atoms with E-state index < -0.39 is 5.97 Å². The Morgan fingerprint density at radius 1 is 1.36 bits per heavy atom. The lowest BCUT2D eigenvalue weighted by Crippen LogP contribution is -1.85. The summed E-state index contributed by atoms with van der Waals surface area (Å²) in [5.41, 5.74) is 2.94. The maximum absolute atomic E-state index is 10.7. The molecule has 0 fully saturated rings. The highest BCUT2D eigenvalue weighted by Crippen LogP contribution is 2.23. The molecule has 1 N–H and O–H groups in total. The molecule has 114 valence electrons. The van der Waals surface area contributed by atoms with Gasteiger partial charge in [-0.2, -0.15) is 0 Å². The van der Waals surface area contributed by atoms with E-state index in [1.807, 2.05) is 36.0 Å². The molecular weight excluding hydrogens is 274 g/mol. The molecule has 1 heterocycles. The lowest BCUT2D eigenvalue weighted by atomic mass is 10.1. The molecule has 2 rings (SSSR count). The summed E-state index contributed by atoms with van der Waals surface area (Å²) in [7, 11) is 1.95. The maximum Gasteiger partial charge on any atom is 0.328 e. The number of carbonyl (C=O) groups is 1. The van der Waals surface area contributed by atoms with Crippen LogP contribution in [0.1, 0.15) is 43.7 Å². The zero-order valence-corrected chi connectivity index (χ0v) is 13.1. The number of aromatic nitrogens is 1. The van der Waals surface area contributed by atoms with Crippen LogP contribution in [0.15, 0.2) is 30.5 Å². The summed E-state index contributed by atoms with van der Waals surface area (Å²) in [5, 5.41) is 9.81. The van der Waals surface area contributed by atoms with Crippen LogP contribution in [0.4, 0.5) is 0 Å². The Morgan fingerprint density at radius 2 is 2.18 bits per heavy atom. The molecule has 22 heavy (non-hydrogen) atoms. The minimum absolute atomic E-state index is 0.898. The van der Waals surface area contributed by atoms with Gasteiger partial charge in [-0.3, -0.25) is 0 Å². The second-order valence-corrected chi connectivity index (χ2v) is 5.36.